The summed E-state index contributed by atoms with van der Waals surface area (Å²) in [5.41, 5.74) is 4.88. The first-order valence-electron chi connectivity index (χ1n) is 9.05. The van der Waals surface area contributed by atoms with Crippen LogP contribution < -0.4 is 10.1 Å². The van der Waals surface area contributed by atoms with Crippen LogP contribution in [0.25, 0.3) is 22.2 Å². The summed E-state index contributed by atoms with van der Waals surface area (Å²) in [6, 6.07) is 16.3. The SMILES string of the molecule is CCn1c(-c2ccc(OCCNC(C)=O)cc2)c(C#N)c2ccc(C)cc21. The Labute approximate surface area is 159 Å². The lowest BCUT2D eigenvalue weighted by molar-refractivity contribution is -0.119. The Morgan fingerprint density at radius 3 is 2.59 bits per heavy atom. The lowest BCUT2D eigenvalue weighted by atomic mass is 10.1. The number of hydrogen-bond acceptors (Lipinski definition) is 3. The van der Waals surface area contributed by atoms with Crippen molar-refractivity contribution in [2.24, 2.45) is 0 Å². The first-order valence-corrected chi connectivity index (χ1v) is 9.05. The molecular formula is C22H23N3O2. The zero-order chi connectivity index (χ0) is 19.4. The number of benzene rings is 2. The molecule has 0 unspecified atom stereocenters. The number of nitrogens with zero attached hydrogens (tertiary/aromatic N) is 2. The number of carbonyl (C=O) groups is 1. The average Bonchev–Trinajstić information content (AvgIpc) is 2.98. The fraction of sp³-hybridized carbons (Fsp3) is 0.273. The Morgan fingerprint density at radius 2 is 1.96 bits per heavy atom. The predicted molar refractivity (Wildman–Crippen MR) is 107 cm³/mol. The number of ether oxygens (including phenoxy) is 1. The Kier molecular flexibility index (Phi) is 5.46. The first kappa shape index (κ1) is 18.5. The van der Waals surface area contributed by atoms with E-state index in [0.29, 0.717) is 18.7 Å². The van der Waals surface area contributed by atoms with E-state index in [0.717, 1.165) is 34.5 Å². The van der Waals surface area contributed by atoms with Crippen LogP contribution in [0.15, 0.2) is 42.5 Å². The van der Waals surface area contributed by atoms with Gasteiger partial charge >= 0.3 is 0 Å². The van der Waals surface area contributed by atoms with E-state index in [2.05, 4.69) is 35.9 Å². The van der Waals surface area contributed by atoms with E-state index < -0.39 is 0 Å². The maximum atomic E-state index is 10.9. The summed E-state index contributed by atoms with van der Waals surface area (Å²) < 4.78 is 7.84. The molecule has 0 atom stereocenters. The number of aromatic nitrogens is 1. The molecule has 0 fully saturated rings. The molecule has 0 saturated heterocycles. The van der Waals surface area contributed by atoms with Crippen molar-refractivity contribution in [2.45, 2.75) is 27.3 Å². The molecule has 3 aromatic rings. The number of carbonyl (C=O) groups excluding carboxylic acids is 1. The van der Waals surface area contributed by atoms with E-state index in [9.17, 15) is 10.1 Å². The Morgan fingerprint density at radius 1 is 1.22 bits per heavy atom. The zero-order valence-corrected chi connectivity index (χ0v) is 15.9. The van der Waals surface area contributed by atoms with Gasteiger partial charge in [0.05, 0.1) is 23.3 Å². The van der Waals surface area contributed by atoms with Crippen LogP contribution in [0.1, 0.15) is 25.0 Å². The van der Waals surface area contributed by atoms with Crippen molar-refractivity contribution in [2.75, 3.05) is 13.2 Å². The zero-order valence-electron chi connectivity index (χ0n) is 15.9. The molecule has 0 aliphatic heterocycles. The summed E-state index contributed by atoms with van der Waals surface area (Å²) in [4.78, 5) is 10.9. The topological polar surface area (TPSA) is 67.0 Å². The Balaban J connectivity index is 1.93. The van der Waals surface area contributed by atoms with Crippen LogP contribution in [0.5, 0.6) is 5.75 Å². The summed E-state index contributed by atoms with van der Waals surface area (Å²) in [6.07, 6.45) is 0. The third-order valence-corrected chi connectivity index (χ3v) is 4.52. The van der Waals surface area contributed by atoms with Crippen LogP contribution in [0.3, 0.4) is 0 Å². The van der Waals surface area contributed by atoms with Crippen LogP contribution in [-0.4, -0.2) is 23.6 Å². The minimum atomic E-state index is -0.0689. The monoisotopic (exact) mass is 361 g/mol. The number of rotatable bonds is 6. The number of nitriles is 1. The van der Waals surface area contributed by atoms with Crippen molar-refractivity contribution in [1.29, 1.82) is 5.26 Å². The molecular weight excluding hydrogens is 338 g/mol. The summed E-state index contributed by atoms with van der Waals surface area (Å²) >= 11 is 0. The molecule has 138 valence electrons. The highest BCUT2D eigenvalue weighted by Gasteiger charge is 2.17. The van der Waals surface area contributed by atoms with Crippen molar-refractivity contribution in [3.05, 3.63) is 53.6 Å². The fourth-order valence-corrected chi connectivity index (χ4v) is 3.31. The second-order valence-corrected chi connectivity index (χ2v) is 6.46. The maximum absolute atomic E-state index is 10.9. The highest BCUT2D eigenvalue weighted by Crippen LogP contribution is 2.34. The van der Waals surface area contributed by atoms with Crippen molar-refractivity contribution >= 4 is 16.8 Å². The van der Waals surface area contributed by atoms with E-state index in [1.807, 2.05) is 36.4 Å². The summed E-state index contributed by atoms with van der Waals surface area (Å²) in [5.74, 6) is 0.665. The summed E-state index contributed by atoms with van der Waals surface area (Å²) in [7, 11) is 0. The van der Waals surface area contributed by atoms with E-state index in [-0.39, 0.29) is 5.91 Å². The quantitative estimate of drug-likeness (QED) is 0.674. The third kappa shape index (κ3) is 3.80. The van der Waals surface area contributed by atoms with Gasteiger partial charge < -0.3 is 14.6 Å². The smallest absolute Gasteiger partial charge is 0.216 e. The van der Waals surface area contributed by atoms with Crippen molar-refractivity contribution in [1.82, 2.24) is 9.88 Å². The van der Waals surface area contributed by atoms with Crippen molar-refractivity contribution in [3.63, 3.8) is 0 Å². The minimum absolute atomic E-state index is 0.0689. The normalized spacial score (nSPS) is 10.6. The number of nitrogens with one attached hydrogen (secondary N) is 1. The molecule has 0 aliphatic carbocycles. The summed E-state index contributed by atoms with van der Waals surface area (Å²) in [5, 5.41) is 13.5. The molecule has 1 heterocycles. The van der Waals surface area contributed by atoms with Crippen molar-refractivity contribution in [3.8, 4) is 23.1 Å². The molecule has 5 heteroatoms. The van der Waals surface area contributed by atoms with E-state index in [1.165, 1.54) is 12.5 Å². The number of amides is 1. The van der Waals surface area contributed by atoms with Gasteiger partial charge in [0.1, 0.15) is 18.4 Å². The fourth-order valence-electron chi connectivity index (χ4n) is 3.31. The van der Waals surface area contributed by atoms with Gasteiger partial charge in [-0.05, 0) is 55.3 Å². The maximum Gasteiger partial charge on any atom is 0.216 e. The minimum Gasteiger partial charge on any atom is -0.492 e. The first-order chi connectivity index (χ1) is 13.0. The highest BCUT2D eigenvalue weighted by molar-refractivity contribution is 5.95. The van der Waals surface area contributed by atoms with Gasteiger partial charge in [0.15, 0.2) is 0 Å². The second kappa shape index (κ2) is 7.96. The van der Waals surface area contributed by atoms with Gasteiger partial charge in [-0.15, -0.1) is 0 Å². The van der Waals surface area contributed by atoms with E-state index in [1.54, 1.807) is 0 Å². The van der Waals surface area contributed by atoms with Gasteiger partial charge in [0.2, 0.25) is 5.91 Å². The van der Waals surface area contributed by atoms with Gasteiger partial charge in [0, 0.05) is 18.9 Å². The highest BCUT2D eigenvalue weighted by atomic mass is 16.5. The molecule has 5 nitrogen and oxygen atoms in total. The molecule has 0 spiro atoms. The number of aryl methyl sites for hydroxylation is 2. The second-order valence-electron chi connectivity index (χ2n) is 6.46. The molecule has 1 aromatic heterocycles. The number of fused-ring (bicyclic) bond motifs is 1. The standard InChI is InChI=1S/C22H23N3O2/c1-4-25-21-13-15(2)5-10-19(21)20(14-23)22(25)17-6-8-18(9-7-17)27-12-11-24-16(3)26/h5-10,13H,4,11-12H2,1-3H3,(H,24,26). The molecule has 0 bridgehead atoms. The van der Waals surface area contributed by atoms with Gasteiger partial charge in [-0.1, -0.05) is 12.1 Å². The molecule has 27 heavy (non-hydrogen) atoms. The lowest BCUT2D eigenvalue weighted by Crippen LogP contribution is -2.25. The lowest BCUT2D eigenvalue weighted by Gasteiger charge is -2.11. The summed E-state index contributed by atoms with van der Waals surface area (Å²) in [6.45, 7) is 7.30. The van der Waals surface area contributed by atoms with Gasteiger partial charge in [-0.3, -0.25) is 4.79 Å². The van der Waals surface area contributed by atoms with Crippen molar-refractivity contribution < 1.29 is 9.53 Å². The average molecular weight is 361 g/mol. The molecule has 0 aliphatic rings. The molecule has 0 saturated carbocycles. The van der Waals surface area contributed by atoms with E-state index in [4.69, 9.17) is 4.74 Å². The molecule has 0 radical (unpaired) electrons. The molecule has 1 N–H and O–H groups in total. The van der Waals surface area contributed by atoms with E-state index >= 15 is 0 Å². The van der Waals surface area contributed by atoms with Gasteiger partial charge in [-0.2, -0.15) is 5.26 Å². The number of hydrogen-bond donors (Lipinski definition) is 1. The van der Waals surface area contributed by atoms with Crippen LogP contribution in [-0.2, 0) is 11.3 Å². The van der Waals surface area contributed by atoms with Crippen LogP contribution >= 0.6 is 0 Å². The largest absolute Gasteiger partial charge is 0.492 e. The molecule has 1 amide bonds. The predicted octanol–water partition coefficient (Wildman–Crippen LogP) is 4.02. The van der Waals surface area contributed by atoms with Gasteiger partial charge in [0.25, 0.3) is 0 Å². The van der Waals surface area contributed by atoms with Crippen LogP contribution in [0.2, 0.25) is 0 Å². The van der Waals surface area contributed by atoms with Gasteiger partial charge in [-0.25, -0.2) is 0 Å². The van der Waals surface area contributed by atoms with Crippen LogP contribution in [0, 0.1) is 18.3 Å². The molecule has 3 rings (SSSR count). The molecule has 2 aromatic carbocycles. The Hall–Kier alpha value is -3.26. The third-order valence-electron chi connectivity index (χ3n) is 4.52. The van der Waals surface area contributed by atoms with Crippen LogP contribution in [0.4, 0.5) is 0 Å². The Bertz CT molecular complexity index is 1010.